The van der Waals surface area contributed by atoms with Gasteiger partial charge in [0.2, 0.25) is 5.91 Å². The van der Waals surface area contributed by atoms with Crippen LogP contribution in [0.25, 0.3) is 11.3 Å². The van der Waals surface area contributed by atoms with E-state index in [1.165, 1.54) is 0 Å². The SMILES string of the molecule is NCCC(C(=O)N1Cc2[nH]nc(-c3cccnc3)c2C1)c1ccc(Cl)cc1. The number of aromatic nitrogens is 3. The summed E-state index contributed by atoms with van der Waals surface area (Å²) < 4.78 is 0. The van der Waals surface area contributed by atoms with Crippen LogP contribution in [0, 0.1) is 0 Å². The van der Waals surface area contributed by atoms with Crippen molar-refractivity contribution in [1.82, 2.24) is 20.1 Å². The van der Waals surface area contributed by atoms with Gasteiger partial charge in [-0.25, -0.2) is 0 Å². The van der Waals surface area contributed by atoms with Gasteiger partial charge in [-0.15, -0.1) is 0 Å². The molecule has 3 aromatic rings. The van der Waals surface area contributed by atoms with Gasteiger partial charge in [-0.05, 0) is 42.8 Å². The number of fused-ring (bicyclic) bond motifs is 1. The molecule has 1 amide bonds. The van der Waals surface area contributed by atoms with Crippen molar-refractivity contribution >= 4 is 17.5 Å². The Morgan fingerprint density at radius 2 is 2.07 bits per heavy atom. The average molecular weight is 382 g/mol. The first kappa shape index (κ1) is 17.7. The van der Waals surface area contributed by atoms with E-state index in [0.29, 0.717) is 31.1 Å². The number of aromatic amines is 1. The summed E-state index contributed by atoms with van der Waals surface area (Å²) in [4.78, 5) is 19.2. The lowest BCUT2D eigenvalue weighted by Gasteiger charge is -2.23. The second-order valence-corrected chi connectivity index (χ2v) is 7.08. The molecule has 1 atom stereocenters. The molecule has 27 heavy (non-hydrogen) atoms. The normalized spacial score (nSPS) is 14.2. The van der Waals surface area contributed by atoms with Crippen molar-refractivity contribution in [2.24, 2.45) is 5.73 Å². The first-order chi connectivity index (χ1) is 13.2. The van der Waals surface area contributed by atoms with E-state index >= 15 is 0 Å². The number of carbonyl (C=O) groups excluding carboxylic acids is 1. The molecule has 3 N–H and O–H groups in total. The number of carbonyl (C=O) groups is 1. The molecular weight excluding hydrogens is 362 g/mol. The Balaban J connectivity index is 1.57. The maximum absolute atomic E-state index is 13.2. The zero-order chi connectivity index (χ0) is 18.8. The van der Waals surface area contributed by atoms with E-state index in [1.807, 2.05) is 41.3 Å². The number of nitrogens with two attached hydrogens (primary N) is 1. The predicted octanol–water partition coefficient (Wildman–Crippen LogP) is 3.10. The van der Waals surface area contributed by atoms with Crippen molar-refractivity contribution < 1.29 is 4.79 Å². The van der Waals surface area contributed by atoms with Gasteiger partial charge in [0.1, 0.15) is 0 Å². The topological polar surface area (TPSA) is 87.9 Å². The Labute approximate surface area is 162 Å². The minimum Gasteiger partial charge on any atom is -0.332 e. The first-order valence-corrected chi connectivity index (χ1v) is 9.26. The Morgan fingerprint density at radius 1 is 1.26 bits per heavy atom. The summed E-state index contributed by atoms with van der Waals surface area (Å²) in [5, 5.41) is 8.14. The van der Waals surface area contributed by atoms with Crippen molar-refractivity contribution in [3.63, 3.8) is 0 Å². The van der Waals surface area contributed by atoms with Gasteiger partial charge < -0.3 is 10.6 Å². The first-order valence-electron chi connectivity index (χ1n) is 8.88. The fourth-order valence-electron chi connectivity index (χ4n) is 3.55. The van der Waals surface area contributed by atoms with Crippen LogP contribution in [0.4, 0.5) is 0 Å². The molecule has 1 unspecified atom stereocenters. The van der Waals surface area contributed by atoms with Crippen LogP contribution in [0.15, 0.2) is 48.8 Å². The molecule has 1 aliphatic rings. The van der Waals surface area contributed by atoms with Gasteiger partial charge in [0, 0.05) is 28.5 Å². The summed E-state index contributed by atoms with van der Waals surface area (Å²) >= 11 is 5.99. The highest BCUT2D eigenvalue weighted by atomic mass is 35.5. The Kier molecular flexibility index (Phi) is 4.92. The summed E-state index contributed by atoms with van der Waals surface area (Å²) in [7, 11) is 0. The van der Waals surface area contributed by atoms with Crippen LogP contribution in [-0.4, -0.2) is 32.5 Å². The largest absolute Gasteiger partial charge is 0.332 e. The smallest absolute Gasteiger partial charge is 0.230 e. The van der Waals surface area contributed by atoms with E-state index in [4.69, 9.17) is 17.3 Å². The summed E-state index contributed by atoms with van der Waals surface area (Å²) in [5.74, 6) is -0.199. The Morgan fingerprint density at radius 3 is 2.78 bits per heavy atom. The number of nitrogens with zero attached hydrogens (tertiary/aromatic N) is 3. The van der Waals surface area contributed by atoms with Gasteiger partial charge in [0.15, 0.2) is 0 Å². The zero-order valence-corrected chi connectivity index (χ0v) is 15.5. The van der Waals surface area contributed by atoms with Crippen molar-refractivity contribution in [2.45, 2.75) is 25.4 Å². The molecule has 0 fully saturated rings. The molecule has 7 heteroatoms. The molecule has 0 aliphatic carbocycles. The molecule has 0 radical (unpaired) electrons. The molecule has 0 saturated carbocycles. The molecule has 1 aromatic carbocycles. The van der Waals surface area contributed by atoms with Crippen LogP contribution in [0.2, 0.25) is 5.02 Å². The number of hydrogen-bond donors (Lipinski definition) is 2. The lowest BCUT2D eigenvalue weighted by molar-refractivity contribution is -0.133. The zero-order valence-electron chi connectivity index (χ0n) is 14.7. The summed E-state index contributed by atoms with van der Waals surface area (Å²) in [6.45, 7) is 1.50. The number of halogens is 1. The molecule has 3 heterocycles. The van der Waals surface area contributed by atoms with E-state index in [1.54, 1.807) is 12.4 Å². The molecule has 6 nitrogen and oxygen atoms in total. The fourth-order valence-corrected chi connectivity index (χ4v) is 3.68. The second kappa shape index (κ2) is 7.50. The molecule has 138 valence electrons. The number of nitrogens with one attached hydrogen (secondary N) is 1. The maximum Gasteiger partial charge on any atom is 0.230 e. The van der Waals surface area contributed by atoms with Crippen molar-refractivity contribution in [3.05, 3.63) is 70.6 Å². The van der Waals surface area contributed by atoms with Gasteiger partial charge in [0.05, 0.1) is 30.4 Å². The van der Waals surface area contributed by atoms with Gasteiger partial charge in [0.25, 0.3) is 0 Å². The molecule has 0 saturated heterocycles. The van der Waals surface area contributed by atoms with E-state index in [9.17, 15) is 4.79 Å². The van der Waals surface area contributed by atoms with Crippen LogP contribution >= 0.6 is 11.6 Å². The molecule has 1 aliphatic heterocycles. The molecule has 2 aromatic heterocycles. The minimum absolute atomic E-state index is 0.0736. The number of hydrogen-bond acceptors (Lipinski definition) is 4. The Bertz CT molecular complexity index is 939. The van der Waals surface area contributed by atoms with E-state index in [0.717, 1.165) is 28.1 Å². The van der Waals surface area contributed by atoms with Gasteiger partial charge in [-0.2, -0.15) is 5.10 Å². The Hall–Kier alpha value is -2.70. The quantitative estimate of drug-likeness (QED) is 0.710. The highest BCUT2D eigenvalue weighted by Gasteiger charge is 2.32. The number of amides is 1. The van der Waals surface area contributed by atoms with Crippen LogP contribution in [-0.2, 0) is 17.9 Å². The highest BCUT2D eigenvalue weighted by Crippen LogP contribution is 2.33. The standard InChI is InChI=1S/C20H20ClN5O/c21-15-5-3-13(4-6-15)16(7-8-22)20(27)26-11-17-18(12-26)24-25-19(17)14-2-1-9-23-10-14/h1-6,9-10,16H,7-8,11-12,22H2,(H,24,25). The lowest BCUT2D eigenvalue weighted by atomic mass is 9.94. The summed E-state index contributed by atoms with van der Waals surface area (Å²) in [6, 6.07) is 11.3. The van der Waals surface area contributed by atoms with Crippen LogP contribution in [0.3, 0.4) is 0 Å². The van der Waals surface area contributed by atoms with Gasteiger partial charge in [-0.1, -0.05) is 23.7 Å². The predicted molar refractivity (Wildman–Crippen MR) is 104 cm³/mol. The highest BCUT2D eigenvalue weighted by molar-refractivity contribution is 6.30. The van der Waals surface area contributed by atoms with Crippen LogP contribution in [0.1, 0.15) is 29.2 Å². The van der Waals surface area contributed by atoms with Gasteiger partial charge >= 0.3 is 0 Å². The monoisotopic (exact) mass is 381 g/mol. The summed E-state index contributed by atoms with van der Waals surface area (Å²) in [6.07, 6.45) is 4.11. The molecule has 4 rings (SSSR count). The third-order valence-electron chi connectivity index (χ3n) is 4.92. The second-order valence-electron chi connectivity index (χ2n) is 6.65. The third kappa shape index (κ3) is 3.46. The molecular formula is C20H20ClN5O. The van der Waals surface area contributed by atoms with Gasteiger partial charge in [-0.3, -0.25) is 14.9 Å². The number of pyridine rings is 1. The fraction of sp³-hybridized carbons (Fsp3) is 0.250. The minimum atomic E-state index is -0.272. The average Bonchev–Trinajstić information content (AvgIpc) is 3.28. The van der Waals surface area contributed by atoms with Crippen molar-refractivity contribution in [2.75, 3.05) is 6.54 Å². The summed E-state index contributed by atoms with van der Waals surface area (Å²) in [5.41, 5.74) is 10.6. The number of rotatable bonds is 5. The number of benzene rings is 1. The van der Waals surface area contributed by atoms with E-state index in [-0.39, 0.29) is 11.8 Å². The third-order valence-corrected chi connectivity index (χ3v) is 5.18. The van der Waals surface area contributed by atoms with Crippen molar-refractivity contribution in [3.8, 4) is 11.3 Å². The maximum atomic E-state index is 13.2. The van der Waals surface area contributed by atoms with Crippen LogP contribution in [0.5, 0.6) is 0 Å². The van der Waals surface area contributed by atoms with E-state index in [2.05, 4.69) is 15.2 Å². The van der Waals surface area contributed by atoms with Crippen LogP contribution < -0.4 is 5.73 Å². The number of H-pyrrole nitrogens is 1. The molecule has 0 bridgehead atoms. The molecule has 0 spiro atoms. The van der Waals surface area contributed by atoms with Crippen molar-refractivity contribution in [1.29, 1.82) is 0 Å². The van der Waals surface area contributed by atoms with E-state index < -0.39 is 0 Å². The lowest BCUT2D eigenvalue weighted by Crippen LogP contribution is -2.32.